The zero-order chi connectivity index (χ0) is 8.55. The van der Waals surface area contributed by atoms with Gasteiger partial charge in [-0.15, -0.1) is 0 Å². The second-order valence-electron chi connectivity index (χ2n) is 3.59. The van der Waals surface area contributed by atoms with E-state index in [9.17, 15) is 4.79 Å². The van der Waals surface area contributed by atoms with Crippen LogP contribution in [0.4, 0.5) is 0 Å². The van der Waals surface area contributed by atoms with Crippen LogP contribution in [0.1, 0.15) is 6.42 Å². The van der Waals surface area contributed by atoms with E-state index < -0.39 is 0 Å². The van der Waals surface area contributed by atoms with Gasteiger partial charge in [0.2, 0.25) is 5.91 Å². The number of rotatable bonds is 2. The van der Waals surface area contributed by atoms with E-state index in [0.717, 1.165) is 13.1 Å². The van der Waals surface area contributed by atoms with Gasteiger partial charge in [-0.25, -0.2) is 5.48 Å². The van der Waals surface area contributed by atoms with Crippen LogP contribution >= 0.6 is 0 Å². The second-order valence-corrected chi connectivity index (χ2v) is 3.59. The molecule has 12 heavy (non-hydrogen) atoms. The summed E-state index contributed by atoms with van der Waals surface area (Å²) in [4.78, 5) is 18.3. The van der Waals surface area contributed by atoms with Gasteiger partial charge in [0.05, 0.1) is 13.0 Å². The molecule has 3 unspecified atom stereocenters. The molecule has 0 aromatic heterocycles. The fourth-order valence-electron chi connectivity index (χ4n) is 2.26. The van der Waals surface area contributed by atoms with Crippen LogP contribution in [0.2, 0.25) is 0 Å². The van der Waals surface area contributed by atoms with Crippen molar-refractivity contribution in [2.75, 3.05) is 26.7 Å². The number of hydroxylamine groups is 1. The van der Waals surface area contributed by atoms with Crippen molar-refractivity contribution in [2.24, 2.45) is 11.8 Å². The van der Waals surface area contributed by atoms with Gasteiger partial charge in [0.25, 0.3) is 0 Å². The third-order valence-electron chi connectivity index (χ3n) is 2.87. The monoisotopic (exact) mass is 170 g/mol. The zero-order valence-corrected chi connectivity index (χ0v) is 7.25. The van der Waals surface area contributed by atoms with Gasteiger partial charge < -0.3 is 4.90 Å². The van der Waals surface area contributed by atoms with Crippen molar-refractivity contribution in [2.45, 2.75) is 6.42 Å². The Bertz CT molecular complexity index is 195. The van der Waals surface area contributed by atoms with Crippen LogP contribution in [0.15, 0.2) is 0 Å². The van der Waals surface area contributed by atoms with E-state index >= 15 is 0 Å². The summed E-state index contributed by atoms with van der Waals surface area (Å²) in [6, 6.07) is 0. The molecule has 2 rings (SSSR count). The van der Waals surface area contributed by atoms with E-state index in [1.807, 2.05) is 0 Å². The maximum absolute atomic E-state index is 11.4. The molecule has 2 saturated heterocycles. The Morgan fingerprint density at radius 3 is 2.92 bits per heavy atom. The Hall–Kier alpha value is -0.610. The molecule has 2 aliphatic heterocycles. The van der Waals surface area contributed by atoms with Crippen molar-refractivity contribution in [1.29, 1.82) is 0 Å². The lowest BCUT2D eigenvalue weighted by Gasteiger charge is -2.20. The van der Waals surface area contributed by atoms with Gasteiger partial charge in [0, 0.05) is 13.1 Å². The Kier molecular flexibility index (Phi) is 2.02. The van der Waals surface area contributed by atoms with Crippen LogP contribution < -0.4 is 5.48 Å². The summed E-state index contributed by atoms with van der Waals surface area (Å²) >= 11 is 0. The minimum atomic E-state index is 0.0460. The van der Waals surface area contributed by atoms with E-state index in [1.54, 1.807) is 0 Å². The lowest BCUT2D eigenvalue weighted by molar-refractivity contribution is -0.136. The molecular weight excluding hydrogens is 156 g/mol. The fraction of sp³-hybridized carbons (Fsp3) is 0.875. The molecule has 1 N–H and O–H groups in total. The highest BCUT2D eigenvalue weighted by Gasteiger charge is 2.41. The molecule has 0 aromatic carbocycles. The number of fused-ring (bicyclic) bond motifs is 2. The third-order valence-corrected chi connectivity index (χ3v) is 2.87. The molecule has 2 bridgehead atoms. The Morgan fingerprint density at radius 2 is 2.42 bits per heavy atom. The maximum atomic E-state index is 11.4. The van der Waals surface area contributed by atoms with E-state index in [1.165, 1.54) is 20.1 Å². The molecule has 0 radical (unpaired) electrons. The van der Waals surface area contributed by atoms with Crippen molar-refractivity contribution in [3.63, 3.8) is 0 Å². The average molecular weight is 170 g/mol. The van der Waals surface area contributed by atoms with E-state index in [0.29, 0.717) is 5.92 Å². The van der Waals surface area contributed by atoms with Gasteiger partial charge in [-0.1, -0.05) is 0 Å². The van der Waals surface area contributed by atoms with E-state index in [-0.39, 0.29) is 11.8 Å². The first kappa shape index (κ1) is 8.01. The fourth-order valence-corrected chi connectivity index (χ4v) is 2.26. The molecule has 0 aromatic rings. The number of amides is 1. The molecule has 0 spiro atoms. The van der Waals surface area contributed by atoms with Crippen LogP contribution in [0, 0.1) is 11.8 Å². The summed E-state index contributed by atoms with van der Waals surface area (Å²) in [6.45, 7) is 3.18. The number of nitrogens with zero attached hydrogens (tertiary/aromatic N) is 1. The minimum Gasteiger partial charge on any atom is -0.302 e. The SMILES string of the molecule is CONC(=O)C1CN2CCC1C2. The van der Waals surface area contributed by atoms with Crippen LogP contribution in [0.25, 0.3) is 0 Å². The molecule has 2 heterocycles. The smallest absolute Gasteiger partial charge is 0.248 e. The first-order chi connectivity index (χ1) is 5.81. The van der Waals surface area contributed by atoms with Crippen LogP contribution in [-0.2, 0) is 9.63 Å². The topological polar surface area (TPSA) is 41.6 Å². The molecule has 2 aliphatic rings. The summed E-state index contributed by atoms with van der Waals surface area (Å²) in [6.07, 6.45) is 1.17. The lowest BCUT2D eigenvalue weighted by Crippen LogP contribution is -2.37. The predicted molar refractivity (Wildman–Crippen MR) is 43.2 cm³/mol. The summed E-state index contributed by atoms with van der Waals surface area (Å²) in [7, 11) is 1.48. The molecular formula is C8H14N2O2. The highest BCUT2D eigenvalue weighted by atomic mass is 16.6. The third kappa shape index (κ3) is 1.21. The molecule has 1 amide bonds. The molecule has 68 valence electrons. The highest BCUT2D eigenvalue weighted by Crippen LogP contribution is 2.32. The quantitative estimate of drug-likeness (QED) is 0.574. The van der Waals surface area contributed by atoms with Gasteiger partial charge in [-0.05, 0) is 18.9 Å². The van der Waals surface area contributed by atoms with E-state index in [2.05, 4.69) is 15.2 Å². The van der Waals surface area contributed by atoms with Crippen molar-refractivity contribution in [3.8, 4) is 0 Å². The lowest BCUT2D eigenvalue weighted by atomic mass is 9.92. The van der Waals surface area contributed by atoms with Crippen LogP contribution in [0.3, 0.4) is 0 Å². The van der Waals surface area contributed by atoms with Gasteiger partial charge in [-0.3, -0.25) is 9.63 Å². The van der Waals surface area contributed by atoms with Crippen LogP contribution in [0.5, 0.6) is 0 Å². The molecule has 4 heteroatoms. The maximum Gasteiger partial charge on any atom is 0.248 e. The molecule has 0 aliphatic carbocycles. The van der Waals surface area contributed by atoms with Gasteiger partial charge in [0.1, 0.15) is 0 Å². The van der Waals surface area contributed by atoms with E-state index in [4.69, 9.17) is 0 Å². The number of carbonyl (C=O) groups is 1. The second kappa shape index (κ2) is 3.03. The Labute approximate surface area is 71.8 Å². The first-order valence-electron chi connectivity index (χ1n) is 4.36. The predicted octanol–water partition coefficient (Wildman–Crippen LogP) is -0.384. The van der Waals surface area contributed by atoms with Crippen molar-refractivity contribution in [3.05, 3.63) is 0 Å². The number of hydrogen-bond donors (Lipinski definition) is 1. The van der Waals surface area contributed by atoms with Gasteiger partial charge in [0.15, 0.2) is 0 Å². The largest absolute Gasteiger partial charge is 0.302 e. The van der Waals surface area contributed by atoms with Crippen molar-refractivity contribution < 1.29 is 9.63 Å². The summed E-state index contributed by atoms with van der Waals surface area (Å²) in [5.41, 5.74) is 2.41. The Morgan fingerprint density at radius 1 is 1.58 bits per heavy atom. The number of hydrogen-bond acceptors (Lipinski definition) is 3. The summed E-state index contributed by atoms with van der Waals surface area (Å²) in [5.74, 6) is 0.781. The highest BCUT2D eigenvalue weighted by molar-refractivity contribution is 5.78. The molecule has 2 fully saturated rings. The van der Waals surface area contributed by atoms with Crippen molar-refractivity contribution >= 4 is 5.91 Å². The number of piperidine rings is 1. The number of nitrogens with one attached hydrogen (secondary N) is 1. The van der Waals surface area contributed by atoms with Gasteiger partial charge in [-0.2, -0.15) is 0 Å². The normalized spacial score (nSPS) is 38.6. The number of carbonyl (C=O) groups excluding carboxylic acids is 1. The summed E-state index contributed by atoms with van der Waals surface area (Å²) in [5, 5.41) is 0. The molecule has 0 saturated carbocycles. The molecule has 3 atom stereocenters. The molecule has 4 nitrogen and oxygen atoms in total. The van der Waals surface area contributed by atoms with Crippen LogP contribution in [-0.4, -0.2) is 37.6 Å². The van der Waals surface area contributed by atoms with Crippen molar-refractivity contribution in [1.82, 2.24) is 10.4 Å². The van der Waals surface area contributed by atoms with Gasteiger partial charge >= 0.3 is 0 Å². The average Bonchev–Trinajstić information content (AvgIpc) is 2.64. The first-order valence-corrected chi connectivity index (χ1v) is 4.36. The standard InChI is InChI=1S/C8H14N2O2/c1-12-9-8(11)7-5-10-3-2-6(7)4-10/h6-7H,2-5H2,1H3,(H,9,11). The summed E-state index contributed by atoms with van der Waals surface area (Å²) < 4.78 is 0. The zero-order valence-electron chi connectivity index (χ0n) is 7.25. The minimum absolute atomic E-state index is 0.0460. The Balaban J connectivity index is 1.93.